The lowest BCUT2D eigenvalue weighted by Gasteiger charge is -2.15. The molecule has 0 aliphatic carbocycles. The molecule has 0 atom stereocenters. The molecule has 0 spiro atoms. The van der Waals surface area contributed by atoms with Gasteiger partial charge in [0.25, 0.3) is 0 Å². The monoisotopic (exact) mass is 408 g/mol. The van der Waals surface area contributed by atoms with Gasteiger partial charge in [-0.25, -0.2) is 0 Å². The van der Waals surface area contributed by atoms with Crippen molar-refractivity contribution in [2.75, 3.05) is 0 Å². The highest BCUT2D eigenvalue weighted by Gasteiger charge is 2.15. The number of nitrogens with zero attached hydrogens (tertiary/aromatic N) is 2. The minimum atomic E-state index is 0.682. The zero-order chi connectivity index (χ0) is 21.7. The van der Waals surface area contributed by atoms with Crippen LogP contribution in [0.1, 0.15) is 11.1 Å². The second-order valence-electron chi connectivity index (χ2n) is 8.19. The minimum absolute atomic E-state index is 0.682. The van der Waals surface area contributed by atoms with Gasteiger partial charge in [-0.15, -0.1) is 0 Å². The molecule has 0 aliphatic heterocycles. The number of nitriles is 1. The van der Waals surface area contributed by atoms with Crippen molar-refractivity contribution in [2.24, 2.45) is 0 Å². The van der Waals surface area contributed by atoms with Crippen LogP contribution in [-0.4, -0.2) is 4.57 Å². The molecule has 150 valence electrons. The number of aromatic nitrogens is 1. The van der Waals surface area contributed by atoms with Crippen LogP contribution in [0.15, 0.2) is 103 Å². The third kappa shape index (κ3) is 2.65. The summed E-state index contributed by atoms with van der Waals surface area (Å²) in [6, 6.07) is 38.4. The van der Waals surface area contributed by atoms with Crippen molar-refractivity contribution in [2.45, 2.75) is 6.92 Å². The number of benzene rings is 5. The number of aryl methyl sites for hydroxylation is 1. The third-order valence-electron chi connectivity index (χ3n) is 6.38. The summed E-state index contributed by atoms with van der Waals surface area (Å²) in [6.45, 7) is 2.10. The summed E-state index contributed by atoms with van der Waals surface area (Å²) in [7, 11) is 0. The molecule has 0 amide bonds. The van der Waals surface area contributed by atoms with Crippen LogP contribution in [0.4, 0.5) is 0 Å². The van der Waals surface area contributed by atoms with Gasteiger partial charge in [0, 0.05) is 16.2 Å². The van der Waals surface area contributed by atoms with Gasteiger partial charge in [-0.1, -0.05) is 72.8 Å². The Kier molecular flexibility index (Phi) is 4.09. The van der Waals surface area contributed by atoms with E-state index in [1.165, 1.54) is 38.1 Å². The summed E-state index contributed by atoms with van der Waals surface area (Å²) in [5.41, 5.74) is 7.67. The zero-order valence-electron chi connectivity index (χ0n) is 17.7. The topological polar surface area (TPSA) is 28.7 Å². The molecular formula is C30H20N2. The van der Waals surface area contributed by atoms with E-state index in [9.17, 15) is 5.26 Å². The fourth-order valence-corrected chi connectivity index (χ4v) is 4.89. The van der Waals surface area contributed by atoms with Crippen LogP contribution in [0, 0.1) is 18.3 Å². The van der Waals surface area contributed by atoms with Gasteiger partial charge in [-0.05, 0) is 59.3 Å². The van der Waals surface area contributed by atoms with E-state index in [4.69, 9.17) is 0 Å². The van der Waals surface area contributed by atoms with Crippen molar-refractivity contribution in [3.05, 3.63) is 114 Å². The van der Waals surface area contributed by atoms with Gasteiger partial charge in [0.1, 0.15) is 0 Å². The Morgan fingerprint density at radius 1 is 0.594 bits per heavy atom. The van der Waals surface area contributed by atoms with Crippen molar-refractivity contribution < 1.29 is 0 Å². The fourth-order valence-electron chi connectivity index (χ4n) is 4.89. The average Bonchev–Trinajstić information content (AvgIpc) is 3.18. The summed E-state index contributed by atoms with van der Waals surface area (Å²) in [6.07, 6.45) is 0. The average molecular weight is 409 g/mol. The molecule has 1 aromatic heterocycles. The van der Waals surface area contributed by atoms with Crippen LogP contribution in [0.25, 0.3) is 49.4 Å². The lowest BCUT2D eigenvalue weighted by molar-refractivity contribution is 1.20. The summed E-state index contributed by atoms with van der Waals surface area (Å²) in [4.78, 5) is 0. The predicted molar refractivity (Wildman–Crippen MR) is 133 cm³/mol. The van der Waals surface area contributed by atoms with Crippen LogP contribution in [0.5, 0.6) is 0 Å². The number of para-hydroxylation sites is 2. The van der Waals surface area contributed by atoms with E-state index < -0.39 is 0 Å². The summed E-state index contributed by atoms with van der Waals surface area (Å²) < 4.78 is 2.37. The lowest BCUT2D eigenvalue weighted by Crippen LogP contribution is -1.96. The van der Waals surface area contributed by atoms with Crippen LogP contribution in [-0.2, 0) is 0 Å². The van der Waals surface area contributed by atoms with E-state index in [1.807, 2.05) is 18.2 Å². The molecular weight excluding hydrogens is 388 g/mol. The number of fused-ring (bicyclic) bond motifs is 4. The molecule has 0 fully saturated rings. The summed E-state index contributed by atoms with van der Waals surface area (Å²) in [5, 5.41) is 14.3. The van der Waals surface area contributed by atoms with E-state index in [2.05, 4.69) is 102 Å². The molecule has 5 aromatic carbocycles. The van der Waals surface area contributed by atoms with Gasteiger partial charge >= 0.3 is 0 Å². The van der Waals surface area contributed by atoms with Gasteiger partial charge in [-0.2, -0.15) is 5.26 Å². The Morgan fingerprint density at radius 2 is 1.22 bits per heavy atom. The molecule has 0 N–H and O–H groups in total. The smallest absolute Gasteiger partial charge is 0.0991 e. The Bertz CT molecular complexity index is 1640. The van der Waals surface area contributed by atoms with Crippen molar-refractivity contribution in [3.8, 4) is 22.9 Å². The van der Waals surface area contributed by atoms with Gasteiger partial charge in [0.15, 0.2) is 0 Å². The van der Waals surface area contributed by atoms with Crippen molar-refractivity contribution in [1.82, 2.24) is 4.57 Å². The fraction of sp³-hybridized carbons (Fsp3) is 0.0333. The van der Waals surface area contributed by atoms with Gasteiger partial charge in [-0.3, -0.25) is 0 Å². The Morgan fingerprint density at radius 3 is 1.94 bits per heavy atom. The molecule has 0 aliphatic rings. The molecule has 2 nitrogen and oxygen atoms in total. The number of rotatable bonds is 2. The molecule has 0 radical (unpaired) electrons. The van der Waals surface area contributed by atoms with E-state index >= 15 is 0 Å². The van der Waals surface area contributed by atoms with Crippen molar-refractivity contribution in [3.63, 3.8) is 0 Å². The maximum atomic E-state index is 9.43. The molecule has 6 aromatic rings. The molecule has 0 unspecified atom stereocenters. The van der Waals surface area contributed by atoms with Crippen LogP contribution in [0.2, 0.25) is 0 Å². The molecule has 2 heteroatoms. The van der Waals surface area contributed by atoms with E-state index in [0.717, 1.165) is 16.8 Å². The van der Waals surface area contributed by atoms with Gasteiger partial charge in [0.05, 0.1) is 28.4 Å². The van der Waals surface area contributed by atoms with Crippen molar-refractivity contribution in [1.29, 1.82) is 5.26 Å². The summed E-state index contributed by atoms with van der Waals surface area (Å²) >= 11 is 0. The first-order chi connectivity index (χ1) is 15.8. The Balaban J connectivity index is 1.71. The first-order valence-corrected chi connectivity index (χ1v) is 10.8. The Labute approximate surface area is 186 Å². The molecule has 6 rings (SSSR count). The van der Waals surface area contributed by atoms with Crippen molar-refractivity contribution >= 4 is 32.6 Å². The first kappa shape index (κ1) is 18.4. The molecule has 1 heterocycles. The second kappa shape index (κ2) is 7.11. The number of hydrogen-bond donors (Lipinski definition) is 0. The Hall–Kier alpha value is -4.35. The maximum Gasteiger partial charge on any atom is 0.0991 e. The molecule has 0 saturated heterocycles. The highest BCUT2D eigenvalue weighted by Crippen LogP contribution is 2.37. The quantitative estimate of drug-likeness (QED) is 0.287. The van der Waals surface area contributed by atoms with E-state index in [0.29, 0.717) is 5.56 Å². The molecule has 0 bridgehead atoms. The van der Waals surface area contributed by atoms with Crippen LogP contribution < -0.4 is 0 Å². The predicted octanol–water partition coefficient (Wildman–Crippen LogP) is 7.78. The molecule has 32 heavy (non-hydrogen) atoms. The maximum absolute atomic E-state index is 9.43. The zero-order valence-corrected chi connectivity index (χ0v) is 17.7. The summed E-state index contributed by atoms with van der Waals surface area (Å²) in [5.74, 6) is 0. The largest absolute Gasteiger partial charge is 0.309 e. The third-order valence-corrected chi connectivity index (χ3v) is 6.38. The van der Waals surface area contributed by atoms with Crippen LogP contribution >= 0.6 is 0 Å². The highest BCUT2D eigenvalue weighted by atomic mass is 15.0. The van der Waals surface area contributed by atoms with Gasteiger partial charge < -0.3 is 4.57 Å². The van der Waals surface area contributed by atoms with Gasteiger partial charge in [0.2, 0.25) is 0 Å². The SMILES string of the molecule is Cc1ccc(C#N)cc1-c1cccc2c(-n3c4ccccc4c4ccccc43)cccc12. The number of hydrogen-bond acceptors (Lipinski definition) is 1. The van der Waals surface area contributed by atoms with E-state index in [1.54, 1.807) is 0 Å². The minimum Gasteiger partial charge on any atom is -0.309 e. The second-order valence-corrected chi connectivity index (χ2v) is 8.19. The lowest BCUT2D eigenvalue weighted by atomic mass is 9.93. The van der Waals surface area contributed by atoms with Crippen LogP contribution in [0.3, 0.4) is 0 Å². The standard InChI is InChI=1S/C30H20N2/c1-20-16-17-21(19-31)18-27(20)23-10-6-12-24-22(23)11-7-15-30(24)32-28-13-4-2-8-25(28)26-9-3-5-14-29(26)32/h2-18H,1H3. The first-order valence-electron chi connectivity index (χ1n) is 10.8. The van der Waals surface area contributed by atoms with E-state index in [-0.39, 0.29) is 0 Å². The normalized spacial score (nSPS) is 11.2. The highest BCUT2D eigenvalue weighted by molar-refractivity contribution is 6.11. The molecule has 0 saturated carbocycles.